The third-order valence-corrected chi connectivity index (χ3v) is 7.20. The van der Waals surface area contributed by atoms with E-state index in [0.717, 1.165) is 11.3 Å². The number of aliphatic hydroxyl groups is 1. The number of aliphatic hydroxyl groups excluding tert-OH is 1. The summed E-state index contributed by atoms with van der Waals surface area (Å²) >= 11 is 0. The molecule has 7 nitrogen and oxygen atoms in total. The van der Waals surface area contributed by atoms with Crippen molar-refractivity contribution < 1.29 is 24.2 Å². The molecule has 4 aromatic carbocycles. The number of hydrogen-bond acceptors (Lipinski definition) is 6. The van der Waals surface area contributed by atoms with Crippen LogP contribution < -0.4 is 19.3 Å². The molecule has 1 N–H and O–H groups in total. The quantitative estimate of drug-likeness (QED) is 0.186. The lowest BCUT2D eigenvalue weighted by molar-refractivity contribution is -0.132. The Balaban J connectivity index is 1.50. The van der Waals surface area contributed by atoms with Gasteiger partial charge < -0.3 is 19.5 Å². The van der Waals surface area contributed by atoms with Gasteiger partial charge in [0.25, 0.3) is 11.7 Å². The summed E-state index contributed by atoms with van der Waals surface area (Å²) in [6, 6.07) is 28.4. The van der Waals surface area contributed by atoms with E-state index in [4.69, 9.17) is 9.47 Å². The zero-order valence-electron chi connectivity index (χ0n) is 22.2. The highest BCUT2D eigenvalue weighted by Crippen LogP contribution is 2.44. The number of nitrogens with zero attached hydrogens (tertiary/aromatic N) is 2. The summed E-state index contributed by atoms with van der Waals surface area (Å²) in [4.78, 5) is 30.7. The number of rotatable bonds is 5. The third-order valence-electron chi connectivity index (χ3n) is 7.20. The minimum absolute atomic E-state index is 0.0164. The van der Waals surface area contributed by atoms with Gasteiger partial charge in [0.2, 0.25) is 0 Å². The maximum Gasteiger partial charge on any atom is 0.300 e. The minimum atomic E-state index is -0.869. The molecule has 1 atom stereocenters. The molecule has 1 fully saturated rings. The van der Waals surface area contributed by atoms with Crippen molar-refractivity contribution in [1.82, 2.24) is 0 Å². The van der Waals surface area contributed by atoms with Crippen LogP contribution in [0.5, 0.6) is 17.2 Å². The number of fused-ring (bicyclic) bond motifs is 1. The number of likely N-dealkylation sites (N-methyl/N-ethyl adjacent to an activating group) is 1. The Labute approximate surface area is 232 Å². The van der Waals surface area contributed by atoms with E-state index >= 15 is 0 Å². The summed E-state index contributed by atoms with van der Waals surface area (Å²) in [6.45, 7) is 3.19. The first-order valence-electron chi connectivity index (χ1n) is 13.1. The molecule has 200 valence electrons. The maximum absolute atomic E-state index is 13.6. The largest absolute Gasteiger partial charge is 0.507 e. The van der Waals surface area contributed by atoms with Crippen molar-refractivity contribution in [1.29, 1.82) is 0 Å². The van der Waals surface area contributed by atoms with Gasteiger partial charge in [0.05, 0.1) is 23.8 Å². The molecule has 0 aliphatic carbocycles. The lowest BCUT2D eigenvalue weighted by atomic mass is 9.94. The molecule has 0 bridgehead atoms. The third kappa shape index (κ3) is 4.56. The summed E-state index contributed by atoms with van der Waals surface area (Å²) in [6.07, 6.45) is 0. The monoisotopic (exact) mass is 532 g/mol. The Hall–Kier alpha value is -5.04. The molecule has 7 heteroatoms. The molecule has 0 spiro atoms. The molecule has 6 rings (SSSR count). The van der Waals surface area contributed by atoms with E-state index in [-0.39, 0.29) is 11.3 Å². The number of para-hydroxylation sites is 1. The van der Waals surface area contributed by atoms with Gasteiger partial charge in [-0.2, -0.15) is 0 Å². The Morgan fingerprint density at radius 1 is 0.900 bits per heavy atom. The molecule has 40 heavy (non-hydrogen) atoms. The van der Waals surface area contributed by atoms with Crippen molar-refractivity contribution in [2.75, 3.05) is 30.0 Å². The van der Waals surface area contributed by atoms with E-state index in [1.54, 1.807) is 30.3 Å². The van der Waals surface area contributed by atoms with Crippen molar-refractivity contribution in [3.05, 3.63) is 119 Å². The van der Waals surface area contributed by atoms with Gasteiger partial charge in [0.15, 0.2) is 0 Å². The van der Waals surface area contributed by atoms with Crippen LogP contribution in [0, 0.1) is 6.92 Å². The number of aryl methyl sites for hydroxylation is 1. The second kappa shape index (κ2) is 10.3. The van der Waals surface area contributed by atoms with Crippen molar-refractivity contribution >= 4 is 28.8 Å². The lowest BCUT2D eigenvalue weighted by Crippen LogP contribution is -2.29. The van der Waals surface area contributed by atoms with Crippen molar-refractivity contribution in [3.63, 3.8) is 0 Å². The molecule has 1 unspecified atom stereocenters. The molecule has 1 saturated heterocycles. The van der Waals surface area contributed by atoms with E-state index in [1.807, 2.05) is 85.6 Å². The van der Waals surface area contributed by atoms with E-state index in [9.17, 15) is 14.7 Å². The average molecular weight is 533 g/mol. The van der Waals surface area contributed by atoms with Crippen molar-refractivity contribution in [3.8, 4) is 17.2 Å². The van der Waals surface area contributed by atoms with Gasteiger partial charge in [-0.1, -0.05) is 42.5 Å². The lowest BCUT2D eigenvalue weighted by Gasteiger charge is -2.28. The second-order valence-corrected chi connectivity index (χ2v) is 9.95. The number of carbonyl (C=O) groups is 2. The number of hydrogen-bond donors (Lipinski definition) is 1. The summed E-state index contributed by atoms with van der Waals surface area (Å²) in [5, 5.41) is 11.6. The smallest absolute Gasteiger partial charge is 0.300 e. The van der Waals surface area contributed by atoms with Crippen LogP contribution in [-0.4, -0.2) is 37.0 Å². The fourth-order valence-corrected chi connectivity index (χ4v) is 5.22. The van der Waals surface area contributed by atoms with Gasteiger partial charge in [-0.3, -0.25) is 14.5 Å². The number of benzene rings is 4. The molecule has 0 radical (unpaired) electrons. The summed E-state index contributed by atoms with van der Waals surface area (Å²) in [7, 11) is 1.94. The minimum Gasteiger partial charge on any atom is -0.507 e. The number of ketones is 1. The number of Topliss-reactive ketones (excluding diaryl/α,β-unsaturated/α-hetero) is 1. The topological polar surface area (TPSA) is 79.3 Å². The van der Waals surface area contributed by atoms with Crippen LogP contribution >= 0.6 is 0 Å². The first kappa shape index (κ1) is 25.2. The second-order valence-electron chi connectivity index (χ2n) is 9.95. The van der Waals surface area contributed by atoms with Crippen LogP contribution in [0.4, 0.5) is 11.4 Å². The van der Waals surface area contributed by atoms with Gasteiger partial charge in [-0.15, -0.1) is 0 Å². The van der Waals surface area contributed by atoms with E-state index in [2.05, 4.69) is 0 Å². The number of anilines is 2. The highest BCUT2D eigenvalue weighted by Gasteiger charge is 2.47. The molecule has 2 heterocycles. The highest BCUT2D eigenvalue weighted by molar-refractivity contribution is 6.51. The van der Waals surface area contributed by atoms with Crippen molar-refractivity contribution in [2.24, 2.45) is 0 Å². The zero-order valence-corrected chi connectivity index (χ0v) is 22.2. The van der Waals surface area contributed by atoms with Gasteiger partial charge in [-0.25, -0.2) is 0 Å². The summed E-state index contributed by atoms with van der Waals surface area (Å²) < 4.78 is 11.8. The van der Waals surface area contributed by atoms with E-state index < -0.39 is 17.7 Å². The molecule has 2 aliphatic rings. The molecule has 0 aromatic heterocycles. The Bertz CT molecular complexity index is 1650. The average Bonchev–Trinajstić information content (AvgIpc) is 3.23. The molecular weight excluding hydrogens is 504 g/mol. The van der Waals surface area contributed by atoms with Crippen LogP contribution in [0.3, 0.4) is 0 Å². The van der Waals surface area contributed by atoms with Gasteiger partial charge in [0.1, 0.15) is 29.6 Å². The molecule has 2 aliphatic heterocycles. The van der Waals surface area contributed by atoms with E-state index in [0.29, 0.717) is 47.2 Å². The van der Waals surface area contributed by atoms with Crippen LogP contribution in [0.25, 0.3) is 5.76 Å². The Morgan fingerprint density at radius 2 is 1.68 bits per heavy atom. The number of carbonyl (C=O) groups excluding carboxylic acids is 2. The van der Waals surface area contributed by atoms with Gasteiger partial charge in [-0.05, 0) is 72.6 Å². The van der Waals surface area contributed by atoms with Gasteiger partial charge >= 0.3 is 0 Å². The predicted molar refractivity (Wildman–Crippen MR) is 154 cm³/mol. The van der Waals surface area contributed by atoms with Crippen molar-refractivity contribution in [2.45, 2.75) is 13.0 Å². The molecule has 0 saturated carbocycles. The summed E-state index contributed by atoms with van der Waals surface area (Å²) in [5.41, 5.74) is 3.39. The number of amides is 1. The first-order valence-corrected chi connectivity index (χ1v) is 13.1. The van der Waals surface area contributed by atoms with E-state index in [1.165, 1.54) is 4.90 Å². The van der Waals surface area contributed by atoms with Crippen LogP contribution in [0.15, 0.2) is 103 Å². The van der Waals surface area contributed by atoms with Crippen LogP contribution in [0.2, 0.25) is 0 Å². The number of ether oxygens (including phenoxy) is 2. The van der Waals surface area contributed by atoms with Crippen LogP contribution in [-0.2, 0) is 9.59 Å². The molecule has 1 amide bonds. The molecular formula is C33H28N2O5. The molecule has 4 aromatic rings. The maximum atomic E-state index is 13.6. The predicted octanol–water partition coefficient (Wildman–Crippen LogP) is 6.24. The Morgan fingerprint density at radius 3 is 2.48 bits per heavy atom. The fraction of sp³-hybridized carbons (Fsp3) is 0.152. The van der Waals surface area contributed by atoms with Crippen LogP contribution in [0.1, 0.15) is 22.7 Å². The Kier molecular flexibility index (Phi) is 6.48. The normalized spacial score (nSPS) is 17.9. The zero-order chi connectivity index (χ0) is 27.8. The first-order chi connectivity index (χ1) is 19.4. The highest BCUT2D eigenvalue weighted by atomic mass is 16.5. The SMILES string of the molecule is Cc1cccc(N2C(=O)C(=O)/C(=C(\O)c3ccc4c(c3)N(C)CCO4)C2c2cccc(Oc3ccccc3)c2)c1. The van der Waals surface area contributed by atoms with Gasteiger partial charge in [0, 0.05) is 18.3 Å². The standard InChI is InChI=1S/C33H28N2O5/c1-21-8-6-10-24(18-21)35-30(22-9-7-13-26(19-22)40-25-11-4-3-5-12-25)29(32(37)33(35)38)31(36)23-14-15-28-27(20-23)34(2)16-17-39-28/h3-15,18-20,30,36H,16-17H2,1-2H3/b31-29-. The fourth-order valence-electron chi connectivity index (χ4n) is 5.22. The summed E-state index contributed by atoms with van der Waals surface area (Å²) in [5.74, 6) is 0.215.